The lowest BCUT2D eigenvalue weighted by molar-refractivity contribution is -0.143. The summed E-state index contributed by atoms with van der Waals surface area (Å²) in [5.41, 5.74) is 0. The number of ether oxygens (including phenoxy) is 1. The lowest BCUT2D eigenvalue weighted by atomic mass is 10.3. The Morgan fingerprint density at radius 3 is 2.42 bits per heavy atom. The van der Waals surface area contributed by atoms with E-state index in [4.69, 9.17) is 4.74 Å². The van der Waals surface area contributed by atoms with Crippen molar-refractivity contribution in [2.24, 2.45) is 0 Å². The van der Waals surface area contributed by atoms with E-state index in [9.17, 15) is 4.79 Å². The van der Waals surface area contributed by atoms with Crippen LogP contribution in [0.1, 0.15) is 6.92 Å². The highest BCUT2D eigenvalue weighted by atomic mass is 16.5. The van der Waals surface area contributed by atoms with E-state index in [-0.39, 0.29) is 6.23 Å². The van der Waals surface area contributed by atoms with Crippen LogP contribution in [0.3, 0.4) is 0 Å². The first-order valence-electron chi connectivity index (χ1n) is 4.25. The number of nitrogens with zero attached hydrogens (tertiary/aromatic N) is 2. The zero-order valence-corrected chi connectivity index (χ0v) is 7.69. The van der Waals surface area contributed by atoms with Crippen LogP contribution in [0.25, 0.3) is 0 Å². The highest BCUT2D eigenvalue weighted by Crippen LogP contribution is 2.04. The van der Waals surface area contributed by atoms with Gasteiger partial charge in [-0.1, -0.05) is 0 Å². The molecule has 0 bridgehead atoms. The van der Waals surface area contributed by atoms with Gasteiger partial charge in [0.05, 0.1) is 0 Å². The molecule has 1 unspecified atom stereocenters. The van der Waals surface area contributed by atoms with Crippen molar-refractivity contribution in [2.75, 3.05) is 33.2 Å². The molecule has 0 N–H and O–H groups in total. The number of hydrogen-bond donors (Lipinski definition) is 0. The van der Waals surface area contributed by atoms with Crippen LogP contribution in [0.15, 0.2) is 0 Å². The van der Waals surface area contributed by atoms with Gasteiger partial charge in [0.15, 0.2) is 6.23 Å². The van der Waals surface area contributed by atoms with Gasteiger partial charge >= 0.3 is 0 Å². The summed E-state index contributed by atoms with van der Waals surface area (Å²) < 4.78 is 4.84. The van der Waals surface area contributed by atoms with Crippen molar-refractivity contribution < 1.29 is 9.53 Å². The van der Waals surface area contributed by atoms with Crippen molar-refractivity contribution in [1.82, 2.24) is 9.80 Å². The predicted octanol–water partition coefficient (Wildman–Crippen LogP) is -0.247. The molecule has 1 aliphatic heterocycles. The van der Waals surface area contributed by atoms with E-state index in [1.807, 2.05) is 6.92 Å². The van der Waals surface area contributed by atoms with Gasteiger partial charge in [-0.2, -0.15) is 0 Å². The molecule has 0 aliphatic carbocycles. The quantitative estimate of drug-likeness (QED) is 0.550. The summed E-state index contributed by atoms with van der Waals surface area (Å²) in [5, 5.41) is 0. The fourth-order valence-electron chi connectivity index (χ4n) is 1.35. The van der Waals surface area contributed by atoms with Gasteiger partial charge in [0.2, 0.25) is 0 Å². The molecule has 1 saturated heterocycles. The van der Waals surface area contributed by atoms with Crippen LogP contribution in [-0.2, 0) is 9.53 Å². The van der Waals surface area contributed by atoms with E-state index in [1.165, 1.54) is 0 Å². The van der Waals surface area contributed by atoms with E-state index in [0.29, 0.717) is 6.47 Å². The summed E-state index contributed by atoms with van der Waals surface area (Å²) in [6.07, 6.45) is -0.0730. The van der Waals surface area contributed by atoms with Crippen molar-refractivity contribution in [2.45, 2.75) is 13.2 Å². The van der Waals surface area contributed by atoms with Crippen molar-refractivity contribution in [3.05, 3.63) is 0 Å². The van der Waals surface area contributed by atoms with Gasteiger partial charge in [0.25, 0.3) is 6.47 Å². The topological polar surface area (TPSA) is 32.8 Å². The van der Waals surface area contributed by atoms with Crippen LogP contribution in [-0.4, -0.2) is 55.7 Å². The second-order valence-electron chi connectivity index (χ2n) is 3.17. The maximum Gasteiger partial charge on any atom is 0.294 e. The molecule has 1 heterocycles. The molecule has 4 nitrogen and oxygen atoms in total. The lowest BCUT2D eigenvalue weighted by Gasteiger charge is -2.35. The minimum atomic E-state index is -0.0730. The maximum absolute atomic E-state index is 10.1. The number of likely N-dealkylation sites (N-methyl/N-ethyl adjacent to an activating group) is 1. The second kappa shape index (κ2) is 4.42. The van der Waals surface area contributed by atoms with Gasteiger partial charge in [-0.05, 0) is 14.0 Å². The van der Waals surface area contributed by atoms with Crippen LogP contribution >= 0.6 is 0 Å². The van der Waals surface area contributed by atoms with Crippen LogP contribution in [0, 0.1) is 0 Å². The summed E-state index contributed by atoms with van der Waals surface area (Å²) in [7, 11) is 2.10. The summed E-state index contributed by atoms with van der Waals surface area (Å²) in [6.45, 7) is 6.47. The van der Waals surface area contributed by atoms with Gasteiger partial charge in [0.1, 0.15) is 0 Å². The molecule has 0 aromatic rings. The average molecular weight is 172 g/mol. The van der Waals surface area contributed by atoms with Crippen molar-refractivity contribution >= 4 is 6.47 Å². The number of hydrogen-bond acceptors (Lipinski definition) is 4. The molecule has 0 amide bonds. The zero-order valence-electron chi connectivity index (χ0n) is 7.69. The molecule has 70 valence electrons. The molecule has 0 saturated carbocycles. The third-order valence-electron chi connectivity index (χ3n) is 2.30. The average Bonchev–Trinajstić information content (AvgIpc) is 2.06. The molecule has 0 aromatic carbocycles. The van der Waals surface area contributed by atoms with E-state index in [0.717, 1.165) is 26.2 Å². The number of piperazine rings is 1. The molecule has 0 aromatic heterocycles. The fourth-order valence-corrected chi connectivity index (χ4v) is 1.35. The first-order valence-corrected chi connectivity index (χ1v) is 4.25. The summed E-state index contributed by atoms with van der Waals surface area (Å²) >= 11 is 0. The van der Waals surface area contributed by atoms with E-state index >= 15 is 0 Å². The highest BCUT2D eigenvalue weighted by molar-refractivity contribution is 5.37. The van der Waals surface area contributed by atoms with Crippen LogP contribution in [0.2, 0.25) is 0 Å². The standard InChI is InChI=1S/C8H16N2O2/c1-8(12-7-11)10-5-3-9(2)4-6-10/h7-8H,3-6H2,1-2H3. The van der Waals surface area contributed by atoms with Crippen molar-refractivity contribution in [3.8, 4) is 0 Å². The second-order valence-corrected chi connectivity index (χ2v) is 3.17. The Kier molecular flexibility index (Phi) is 3.49. The number of carbonyl (C=O) groups is 1. The van der Waals surface area contributed by atoms with E-state index < -0.39 is 0 Å². The van der Waals surface area contributed by atoms with Crippen molar-refractivity contribution in [3.63, 3.8) is 0 Å². The SMILES string of the molecule is CC(OC=O)N1CCN(C)CC1. The first-order chi connectivity index (χ1) is 5.74. The maximum atomic E-state index is 10.1. The molecule has 12 heavy (non-hydrogen) atoms. The summed E-state index contributed by atoms with van der Waals surface area (Å²) in [5.74, 6) is 0. The van der Waals surface area contributed by atoms with Crippen LogP contribution < -0.4 is 0 Å². The fraction of sp³-hybridized carbons (Fsp3) is 0.875. The number of rotatable bonds is 3. The third-order valence-corrected chi connectivity index (χ3v) is 2.30. The molecular weight excluding hydrogens is 156 g/mol. The van der Waals surface area contributed by atoms with Crippen molar-refractivity contribution in [1.29, 1.82) is 0 Å². The molecule has 0 radical (unpaired) electrons. The molecule has 1 rings (SSSR count). The monoisotopic (exact) mass is 172 g/mol. The molecular formula is C8H16N2O2. The largest absolute Gasteiger partial charge is 0.449 e. The number of carbonyl (C=O) groups excluding carboxylic acids is 1. The molecule has 4 heteroatoms. The highest BCUT2D eigenvalue weighted by Gasteiger charge is 2.19. The summed E-state index contributed by atoms with van der Waals surface area (Å²) in [6, 6.07) is 0. The van der Waals surface area contributed by atoms with Gasteiger partial charge in [-0.25, -0.2) is 0 Å². The lowest BCUT2D eigenvalue weighted by Crippen LogP contribution is -2.48. The Morgan fingerprint density at radius 2 is 1.92 bits per heavy atom. The van der Waals surface area contributed by atoms with E-state index in [1.54, 1.807) is 0 Å². The molecule has 1 aliphatic rings. The smallest absolute Gasteiger partial charge is 0.294 e. The Hall–Kier alpha value is -0.610. The van der Waals surface area contributed by atoms with Gasteiger partial charge in [-0.15, -0.1) is 0 Å². The predicted molar refractivity (Wildman–Crippen MR) is 45.7 cm³/mol. The van der Waals surface area contributed by atoms with Gasteiger partial charge in [0, 0.05) is 26.2 Å². The van der Waals surface area contributed by atoms with Crippen LogP contribution in [0.4, 0.5) is 0 Å². The van der Waals surface area contributed by atoms with E-state index in [2.05, 4.69) is 16.8 Å². The minimum absolute atomic E-state index is 0.0730. The minimum Gasteiger partial charge on any atom is -0.449 e. The normalized spacial score (nSPS) is 23.5. The Balaban J connectivity index is 2.28. The first kappa shape index (κ1) is 9.48. The zero-order chi connectivity index (χ0) is 8.97. The van der Waals surface area contributed by atoms with Crippen LogP contribution in [0.5, 0.6) is 0 Å². The Labute approximate surface area is 73.1 Å². The Bertz CT molecular complexity index is 144. The third kappa shape index (κ3) is 2.46. The molecule has 1 fully saturated rings. The molecule has 0 spiro atoms. The van der Waals surface area contributed by atoms with Gasteiger partial charge < -0.3 is 9.64 Å². The molecule has 1 atom stereocenters. The summed E-state index contributed by atoms with van der Waals surface area (Å²) in [4.78, 5) is 14.5. The Morgan fingerprint density at radius 1 is 1.33 bits per heavy atom. The van der Waals surface area contributed by atoms with Gasteiger partial charge in [-0.3, -0.25) is 9.69 Å².